The molecule has 0 fully saturated rings. The van der Waals surface area contributed by atoms with E-state index in [1.807, 2.05) is 19.1 Å². The predicted molar refractivity (Wildman–Crippen MR) is 59.9 cm³/mol. The third kappa shape index (κ3) is 2.76. The molecular weight excluding hydrogens is 212 g/mol. The third-order valence-electron chi connectivity index (χ3n) is 2.54. The molecule has 0 amide bonds. The van der Waals surface area contributed by atoms with Gasteiger partial charge < -0.3 is 0 Å². The molecule has 0 aliphatic rings. The van der Waals surface area contributed by atoms with Crippen molar-refractivity contribution in [1.82, 2.24) is 9.29 Å². The largest absolute Gasteiger partial charge is 0.265 e. The van der Waals surface area contributed by atoms with Gasteiger partial charge in [-0.25, -0.2) is 8.42 Å². The highest BCUT2D eigenvalue weighted by molar-refractivity contribution is 7.89. The minimum absolute atomic E-state index is 0.124. The second-order valence-electron chi connectivity index (χ2n) is 3.37. The zero-order valence-electron chi connectivity index (χ0n) is 9.21. The molecule has 1 aromatic heterocycles. The molecule has 0 saturated heterocycles. The van der Waals surface area contributed by atoms with Crippen LogP contribution in [0.4, 0.5) is 0 Å². The van der Waals surface area contributed by atoms with Crippen LogP contribution in [0.25, 0.3) is 0 Å². The van der Waals surface area contributed by atoms with E-state index >= 15 is 0 Å². The van der Waals surface area contributed by atoms with Gasteiger partial charge in [-0.2, -0.15) is 4.31 Å². The van der Waals surface area contributed by atoms with E-state index in [9.17, 15) is 8.42 Å². The van der Waals surface area contributed by atoms with Crippen molar-refractivity contribution in [3.05, 3.63) is 30.1 Å². The van der Waals surface area contributed by atoms with Crippen LogP contribution in [0.15, 0.2) is 24.5 Å². The van der Waals surface area contributed by atoms with Gasteiger partial charge in [-0.15, -0.1) is 0 Å². The Morgan fingerprint density at radius 1 is 1.40 bits per heavy atom. The van der Waals surface area contributed by atoms with Gasteiger partial charge >= 0.3 is 0 Å². The molecule has 1 rings (SSSR count). The number of pyridine rings is 1. The maximum atomic E-state index is 11.6. The monoisotopic (exact) mass is 228 g/mol. The molecule has 1 unspecified atom stereocenters. The summed E-state index contributed by atoms with van der Waals surface area (Å²) in [7, 11) is -1.53. The van der Waals surface area contributed by atoms with E-state index in [-0.39, 0.29) is 11.8 Å². The molecule has 0 N–H and O–H groups in total. The Labute approximate surface area is 91.0 Å². The number of sulfonamides is 1. The summed E-state index contributed by atoms with van der Waals surface area (Å²) in [6, 6.07) is 3.50. The summed E-state index contributed by atoms with van der Waals surface area (Å²) in [6.07, 6.45) is 3.33. The molecule has 1 atom stereocenters. The summed E-state index contributed by atoms with van der Waals surface area (Å²) in [5.41, 5.74) is 0.949. The molecule has 4 nitrogen and oxygen atoms in total. The van der Waals surface area contributed by atoms with Crippen molar-refractivity contribution in [2.24, 2.45) is 0 Å². The quantitative estimate of drug-likeness (QED) is 0.783. The molecule has 0 spiro atoms. The second kappa shape index (κ2) is 4.72. The Kier molecular flexibility index (Phi) is 3.82. The van der Waals surface area contributed by atoms with Crippen molar-refractivity contribution in [1.29, 1.82) is 0 Å². The molecule has 1 aromatic rings. The molecule has 5 heteroatoms. The van der Waals surface area contributed by atoms with Crippen LogP contribution >= 0.6 is 0 Å². The molecule has 0 aromatic carbocycles. The number of aromatic nitrogens is 1. The van der Waals surface area contributed by atoms with E-state index < -0.39 is 10.0 Å². The molecule has 0 radical (unpaired) electrons. The fourth-order valence-electron chi connectivity index (χ4n) is 1.30. The zero-order valence-corrected chi connectivity index (χ0v) is 10.0. The lowest BCUT2D eigenvalue weighted by Crippen LogP contribution is -2.30. The highest BCUT2D eigenvalue weighted by Crippen LogP contribution is 2.20. The first-order valence-corrected chi connectivity index (χ1v) is 6.45. The van der Waals surface area contributed by atoms with E-state index in [4.69, 9.17) is 0 Å². The maximum absolute atomic E-state index is 11.6. The van der Waals surface area contributed by atoms with Crippen LogP contribution in [0, 0.1) is 0 Å². The Bertz CT molecular complexity index is 403. The lowest BCUT2D eigenvalue weighted by molar-refractivity contribution is 0.399. The van der Waals surface area contributed by atoms with Gasteiger partial charge in [0.05, 0.1) is 5.75 Å². The average Bonchev–Trinajstić information content (AvgIpc) is 2.28. The van der Waals surface area contributed by atoms with Crippen molar-refractivity contribution >= 4 is 10.0 Å². The molecule has 0 saturated carbocycles. The van der Waals surface area contributed by atoms with Crippen LogP contribution in [0.3, 0.4) is 0 Å². The van der Waals surface area contributed by atoms with Crippen molar-refractivity contribution in [2.45, 2.75) is 19.9 Å². The van der Waals surface area contributed by atoms with Gasteiger partial charge in [0.2, 0.25) is 10.0 Å². The van der Waals surface area contributed by atoms with Gasteiger partial charge in [0.1, 0.15) is 0 Å². The highest BCUT2D eigenvalue weighted by Gasteiger charge is 2.22. The van der Waals surface area contributed by atoms with Crippen LogP contribution in [-0.4, -0.2) is 30.5 Å². The summed E-state index contributed by atoms with van der Waals surface area (Å²) in [5.74, 6) is 0.124. The van der Waals surface area contributed by atoms with Crippen LogP contribution in [0.1, 0.15) is 25.5 Å². The smallest absolute Gasteiger partial charge is 0.214 e. The van der Waals surface area contributed by atoms with E-state index in [0.717, 1.165) is 5.56 Å². The first-order chi connectivity index (χ1) is 6.99. The lowest BCUT2D eigenvalue weighted by Gasteiger charge is -2.23. The fourth-order valence-corrected chi connectivity index (χ4v) is 2.31. The summed E-state index contributed by atoms with van der Waals surface area (Å²) < 4.78 is 24.6. The molecular formula is C10H16N2O2S. The van der Waals surface area contributed by atoms with Crippen LogP contribution in [0.5, 0.6) is 0 Å². The Morgan fingerprint density at radius 3 is 2.40 bits per heavy atom. The van der Waals surface area contributed by atoms with Crippen molar-refractivity contribution in [3.8, 4) is 0 Å². The molecule has 1 heterocycles. The van der Waals surface area contributed by atoms with E-state index in [1.54, 1.807) is 26.4 Å². The third-order valence-corrected chi connectivity index (χ3v) is 4.46. The zero-order chi connectivity index (χ0) is 11.5. The summed E-state index contributed by atoms with van der Waals surface area (Å²) in [6.45, 7) is 3.51. The van der Waals surface area contributed by atoms with E-state index in [0.29, 0.717) is 0 Å². The standard InChI is InChI=1S/C10H16N2O2S/c1-4-15(13,14)12(3)9(2)10-5-7-11-8-6-10/h5-9H,4H2,1-3H3. The molecule has 84 valence electrons. The SMILES string of the molecule is CCS(=O)(=O)N(C)C(C)c1ccncc1. The molecule has 0 bridgehead atoms. The van der Waals surface area contributed by atoms with Gasteiger partial charge in [-0.3, -0.25) is 4.98 Å². The van der Waals surface area contributed by atoms with Crippen LogP contribution in [0.2, 0.25) is 0 Å². The Hall–Kier alpha value is -0.940. The van der Waals surface area contributed by atoms with E-state index in [2.05, 4.69) is 4.98 Å². The lowest BCUT2D eigenvalue weighted by atomic mass is 10.1. The van der Waals surface area contributed by atoms with Gasteiger partial charge in [-0.1, -0.05) is 0 Å². The van der Waals surface area contributed by atoms with Crippen molar-refractivity contribution < 1.29 is 8.42 Å². The number of hydrogen-bond acceptors (Lipinski definition) is 3. The highest BCUT2D eigenvalue weighted by atomic mass is 32.2. The summed E-state index contributed by atoms with van der Waals surface area (Å²) in [4.78, 5) is 3.90. The average molecular weight is 228 g/mol. The Morgan fingerprint density at radius 2 is 1.93 bits per heavy atom. The maximum Gasteiger partial charge on any atom is 0.214 e. The fraction of sp³-hybridized carbons (Fsp3) is 0.500. The predicted octanol–water partition coefficient (Wildman–Crippen LogP) is 1.42. The second-order valence-corrected chi connectivity index (χ2v) is 5.69. The normalized spacial score (nSPS) is 14.1. The number of nitrogens with zero attached hydrogens (tertiary/aromatic N) is 2. The topological polar surface area (TPSA) is 50.3 Å². The first-order valence-electron chi connectivity index (χ1n) is 4.84. The summed E-state index contributed by atoms with van der Waals surface area (Å²) >= 11 is 0. The Balaban J connectivity index is 2.92. The summed E-state index contributed by atoms with van der Waals surface area (Å²) in [5, 5.41) is 0. The van der Waals surface area contributed by atoms with Gasteiger partial charge in [-0.05, 0) is 31.5 Å². The number of rotatable bonds is 4. The van der Waals surface area contributed by atoms with Crippen molar-refractivity contribution in [3.63, 3.8) is 0 Å². The number of hydrogen-bond donors (Lipinski definition) is 0. The van der Waals surface area contributed by atoms with Gasteiger partial charge in [0.25, 0.3) is 0 Å². The van der Waals surface area contributed by atoms with E-state index in [1.165, 1.54) is 4.31 Å². The molecule has 15 heavy (non-hydrogen) atoms. The molecule has 0 aliphatic heterocycles. The van der Waals surface area contributed by atoms with Crippen LogP contribution < -0.4 is 0 Å². The first kappa shape index (κ1) is 12.1. The van der Waals surface area contributed by atoms with Crippen molar-refractivity contribution in [2.75, 3.05) is 12.8 Å². The minimum atomic E-state index is -3.13. The van der Waals surface area contributed by atoms with Gasteiger partial charge in [0.15, 0.2) is 0 Å². The molecule has 0 aliphatic carbocycles. The minimum Gasteiger partial charge on any atom is -0.265 e. The van der Waals surface area contributed by atoms with Crippen LogP contribution in [-0.2, 0) is 10.0 Å². The van der Waals surface area contributed by atoms with Gasteiger partial charge in [0, 0.05) is 25.5 Å².